The Morgan fingerprint density at radius 2 is 1.83 bits per heavy atom. The van der Waals surface area contributed by atoms with E-state index >= 15 is 0 Å². The van der Waals surface area contributed by atoms with Crippen molar-refractivity contribution in [3.63, 3.8) is 0 Å². The van der Waals surface area contributed by atoms with E-state index in [-0.39, 0.29) is 5.91 Å². The zero-order valence-corrected chi connectivity index (χ0v) is 18.2. The monoisotopic (exact) mass is 465 g/mol. The number of hydrogen-bond donors (Lipinski definition) is 1. The van der Waals surface area contributed by atoms with Crippen LogP contribution >= 0.6 is 15.9 Å². The smallest absolute Gasteiger partial charge is 0.255 e. The summed E-state index contributed by atoms with van der Waals surface area (Å²) in [5, 5.41) is 2.91. The Kier molecular flexibility index (Phi) is 8.10. The molecule has 0 aromatic heterocycles. The molecule has 0 heterocycles. The molecule has 4 nitrogen and oxygen atoms in total. The molecule has 30 heavy (non-hydrogen) atoms. The standard InChI is InChI=1S/C25H24BrNO3/c1-2-15-30-24-14-13-20(17-23(24)26)25(28)27-21-11-6-12-22(18-21)29-16-7-10-19-8-4-3-5-9-19/h2-6,8-9,11-14,17-18H,1,7,10,15-16H2,(H,27,28). The van der Waals surface area contributed by atoms with E-state index < -0.39 is 0 Å². The average molecular weight is 466 g/mol. The number of benzene rings is 3. The van der Waals surface area contributed by atoms with Gasteiger partial charge < -0.3 is 14.8 Å². The summed E-state index contributed by atoms with van der Waals surface area (Å²) in [4.78, 5) is 12.6. The normalized spacial score (nSPS) is 10.3. The van der Waals surface area contributed by atoms with Crippen LogP contribution in [0.4, 0.5) is 5.69 Å². The molecule has 0 aliphatic rings. The van der Waals surface area contributed by atoms with Gasteiger partial charge in [-0.2, -0.15) is 0 Å². The summed E-state index contributed by atoms with van der Waals surface area (Å²) in [6, 6.07) is 23.0. The minimum absolute atomic E-state index is 0.202. The maximum atomic E-state index is 12.6. The molecule has 0 bridgehead atoms. The van der Waals surface area contributed by atoms with Crippen LogP contribution in [-0.2, 0) is 6.42 Å². The summed E-state index contributed by atoms with van der Waals surface area (Å²) in [5.74, 6) is 1.19. The molecule has 0 aliphatic carbocycles. The molecule has 3 aromatic carbocycles. The van der Waals surface area contributed by atoms with Crippen LogP contribution in [0.25, 0.3) is 0 Å². The molecule has 0 atom stereocenters. The number of amides is 1. The maximum absolute atomic E-state index is 12.6. The van der Waals surface area contributed by atoms with Gasteiger partial charge in [0.25, 0.3) is 5.91 Å². The van der Waals surface area contributed by atoms with Crippen LogP contribution in [0, 0.1) is 0 Å². The Labute approximate surface area is 185 Å². The number of ether oxygens (including phenoxy) is 2. The molecule has 0 unspecified atom stereocenters. The number of carbonyl (C=O) groups excluding carboxylic acids is 1. The summed E-state index contributed by atoms with van der Waals surface area (Å²) >= 11 is 3.44. The van der Waals surface area contributed by atoms with Crippen LogP contribution in [0.2, 0.25) is 0 Å². The van der Waals surface area contributed by atoms with Crippen LogP contribution in [-0.4, -0.2) is 19.1 Å². The van der Waals surface area contributed by atoms with Gasteiger partial charge in [0.2, 0.25) is 0 Å². The van der Waals surface area contributed by atoms with Crippen molar-refractivity contribution in [2.24, 2.45) is 0 Å². The highest BCUT2D eigenvalue weighted by atomic mass is 79.9. The van der Waals surface area contributed by atoms with Crippen LogP contribution < -0.4 is 14.8 Å². The van der Waals surface area contributed by atoms with Gasteiger partial charge in [-0.25, -0.2) is 0 Å². The summed E-state index contributed by atoms with van der Waals surface area (Å²) < 4.78 is 12.1. The Morgan fingerprint density at radius 1 is 1.00 bits per heavy atom. The molecule has 0 spiro atoms. The predicted molar refractivity (Wildman–Crippen MR) is 124 cm³/mol. The van der Waals surface area contributed by atoms with Crippen molar-refractivity contribution < 1.29 is 14.3 Å². The van der Waals surface area contributed by atoms with Gasteiger partial charge in [-0.05, 0) is 64.7 Å². The van der Waals surface area contributed by atoms with Gasteiger partial charge in [-0.3, -0.25) is 4.79 Å². The van der Waals surface area contributed by atoms with Gasteiger partial charge in [0.15, 0.2) is 0 Å². The van der Waals surface area contributed by atoms with E-state index in [1.807, 2.05) is 42.5 Å². The summed E-state index contributed by atoms with van der Waals surface area (Å²) in [5.41, 5.74) is 2.51. The molecule has 154 valence electrons. The topological polar surface area (TPSA) is 47.6 Å². The molecular weight excluding hydrogens is 442 g/mol. The first-order valence-corrected chi connectivity index (χ1v) is 10.6. The number of hydrogen-bond acceptors (Lipinski definition) is 3. The first-order valence-electron chi connectivity index (χ1n) is 9.77. The van der Waals surface area contributed by atoms with Crippen molar-refractivity contribution >= 4 is 27.5 Å². The summed E-state index contributed by atoms with van der Waals surface area (Å²) in [7, 11) is 0. The Balaban J connectivity index is 1.53. The zero-order valence-electron chi connectivity index (χ0n) is 16.6. The number of carbonyl (C=O) groups is 1. The zero-order chi connectivity index (χ0) is 21.2. The van der Waals surface area contributed by atoms with E-state index in [0.29, 0.717) is 34.7 Å². The van der Waals surface area contributed by atoms with E-state index in [4.69, 9.17) is 9.47 Å². The molecule has 1 N–H and O–H groups in total. The number of aryl methyl sites for hydroxylation is 1. The van der Waals surface area contributed by atoms with E-state index in [1.165, 1.54) is 5.56 Å². The third-order valence-corrected chi connectivity index (χ3v) is 4.98. The number of rotatable bonds is 10. The molecule has 0 radical (unpaired) electrons. The lowest BCUT2D eigenvalue weighted by Crippen LogP contribution is -2.12. The minimum Gasteiger partial charge on any atom is -0.494 e. The van der Waals surface area contributed by atoms with Crippen molar-refractivity contribution in [1.29, 1.82) is 0 Å². The van der Waals surface area contributed by atoms with E-state index in [1.54, 1.807) is 24.3 Å². The van der Waals surface area contributed by atoms with Crippen LogP contribution in [0.15, 0.2) is 89.9 Å². The molecule has 0 saturated heterocycles. The van der Waals surface area contributed by atoms with Crippen LogP contribution in [0.5, 0.6) is 11.5 Å². The Hall–Kier alpha value is -3.05. The lowest BCUT2D eigenvalue weighted by Gasteiger charge is -2.11. The fourth-order valence-electron chi connectivity index (χ4n) is 2.89. The van der Waals surface area contributed by atoms with Gasteiger partial charge in [0.05, 0.1) is 11.1 Å². The third-order valence-electron chi connectivity index (χ3n) is 4.36. The first kappa shape index (κ1) is 21.7. The number of halogens is 1. The van der Waals surface area contributed by atoms with E-state index in [0.717, 1.165) is 18.6 Å². The quantitative estimate of drug-likeness (QED) is 0.283. The second-order valence-corrected chi connectivity index (χ2v) is 7.52. The van der Waals surface area contributed by atoms with Crippen molar-refractivity contribution in [3.05, 3.63) is 101 Å². The lowest BCUT2D eigenvalue weighted by atomic mass is 10.1. The molecule has 1 amide bonds. The van der Waals surface area contributed by atoms with Crippen molar-refractivity contribution in [1.82, 2.24) is 0 Å². The molecule has 3 rings (SSSR count). The molecule has 3 aromatic rings. The van der Waals surface area contributed by atoms with E-state index in [9.17, 15) is 4.79 Å². The average Bonchev–Trinajstić information content (AvgIpc) is 2.77. The van der Waals surface area contributed by atoms with Gasteiger partial charge >= 0.3 is 0 Å². The highest BCUT2D eigenvalue weighted by molar-refractivity contribution is 9.10. The van der Waals surface area contributed by atoms with Gasteiger partial charge in [-0.1, -0.05) is 49.1 Å². The van der Waals surface area contributed by atoms with Crippen molar-refractivity contribution in [2.75, 3.05) is 18.5 Å². The minimum atomic E-state index is -0.202. The Morgan fingerprint density at radius 3 is 2.60 bits per heavy atom. The fourth-order valence-corrected chi connectivity index (χ4v) is 3.38. The summed E-state index contributed by atoms with van der Waals surface area (Å²) in [6.07, 6.45) is 3.57. The molecule has 0 saturated carbocycles. The SMILES string of the molecule is C=CCOc1ccc(C(=O)Nc2cccc(OCCCc3ccccc3)c2)cc1Br. The maximum Gasteiger partial charge on any atom is 0.255 e. The van der Waals surface area contributed by atoms with Crippen molar-refractivity contribution in [3.8, 4) is 11.5 Å². The Bertz CT molecular complexity index is 989. The first-order chi connectivity index (χ1) is 14.7. The fraction of sp³-hybridized carbons (Fsp3) is 0.160. The second kappa shape index (κ2) is 11.2. The molecule has 0 fully saturated rings. The van der Waals surface area contributed by atoms with Crippen LogP contribution in [0.1, 0.15) is 22.3 Å². The third kappa shape index (κ3) is 6.49. The predicted octanol–water partition coefficient (Wildman–Crippen LogP) is 6.28. The molecular formula is C25H24BrNO3. The number of anilines is 1. The molecule has 5 heteroatoms. The van der Waals surface area contributed by atoms with Gasteiger partial charge in [0, 0.05) is 17.3 Å². The van der Waals surface area contributed by atoms with Crippen molar-refractivity contribution in [2.45, 2.75) is 12.8 Å². The molecule has 0 aliphatic heterocycles. The highest BCUT2D eigenvalue weighted by Crippen LogP contribution is 2.27. The number of nitrogens with one attached hydrogen (secondary N) is 1. The lowest BCUT2D eigenvalue weighted by molar-refractivity contribution is 0.102. The van der Waals surface area contributed by atoms with E-state index in [2.05, 4.69) is 40.0 Å². The highest BCUT2D eigenvalue weighted by Gasteiger charge is 2.10. The van der Waals surface area contributed by atoms with Gasteiger partial charge in [0.1, 0.15) is 18.1 Å². The van der Waals surface area contributed by atoms with Crippen LogP contribution in [0.3, 0.4) is 0 Å². The van der Waals surface area contributed by atoms with Gasteiger partial charge in [-0.15, -0.1) is 0 Å². The largest absolute Gasteiger partial charge is 0.494 e. The second-order valence-electron chi connectivity index (χ2n) is 6.66. The summed E-state index contributed by atoms with van der Waals surface area (Å²) in [6.45, 7) is 4.65.